The number of sulfonamides is 1. The van der Waals surface area contributed by atoms with Crippen molar-refractivity contribution in [1.82, 2.24) is 19.8 Å². The van der Waals surface area contributed by atoms with Crippen LogP contribution < -0.4 is 14.8 Å². The van der Waals surface area contributed by atoms with Crippen molar-refractivity contribution in [2.45, 2.75) is 44.2 Å². The smallest absolute Gasteiger partial charge is 0.241 e. The van der Waals surface area contributed by atoms with Gasteiger partial charge >= 0.3 is 0 Å². The van der Waals surface area contributed by atoms with Gasteiger partial charge in [-0.25, -0.2) is 8.42 Å². The molecule has 1 saturated heterocycles. The molecule has 30 heavy (non-hydrogen) atoms. The number of hydrogen-bond donors (Lipinski definition) is 2. The maximum atomic E-state index is 12.7. The van der Waals surface area contributed by atoms with Crippen molar-refractivity contribution in [2.75, 3.05) is 39.8 Å². The van der Waals surface area contributed by atoms with Gasteiger partial charge in [-0.15, -0.1) is 0 Å². The van der Waals surface area contributed by atoms with Gasteiger partial charge in [-0.2, -0.15) is 4.72 Å². The molecule has 0 aliphatic carbocycles. The number of ether oxygens (including phenoxy) is 1. The highest BCUT2D eigenvalue weighted by atomic mass is 32.2. The third-order valence-electron chi connectivity index (χ3n) is 4.64. The number of nitrogens with zero attached hydrogens (tertiary/aromatic N) is 2. The van der Waals surface area contributed by atoms with E-state index in [2.05, 4.69) is 10.0 Å². The summed E-state index contributed by atoms with van der Waals surface area (Å²) in [5, 5.41) is 2.92. The number of hydrogen-bond acceptors (Lipinski definition) is 6. The summed E-state index contributed by atoms with van der Waals surface area (Å²) in [5.74, 6) is 0.209. The van der Waals surface area contributed by atoms with Crippen LogP contribution in [-0.2, 0) is 19.6 Å². The minimum Gasteiger partial charge on any atom is -0.497 e. The number of rotatable bonds is 7. The van der Waals surface area contributed by atoms with Gasteiger partial charge in [-0.1, -0.05) is 0 Å². The van der Waals surface area contributed by atoms with E-state index >= 15 is 0 Å². The summed E-state index contributed by atoms with van der Waals surface area (Å²) in [5.41, 5.74) is -0.286. The van der Waals surface area contributed by atoms with Crippen molar-refractivity contribution < 1.29 is 22.7 Å². The summed E-state index contributed by atoms with van der Waals surface area (Å²) < 4.78 is 32.6. The number of nitrogens with one attached hydrogen (secondary N) is 2. The molecule has 10 heteroatoms. The zero-order valence-corrected chi connectivity index (χ0v) is 19.1. The van der Waals surface area contributed by atoms with Gasteiger partial charge < -0.3 is 15.0 Å². The fraction of sp³-hybridized carbons (Fsp3) is 0.600. The predicted molar refractivity (Wildman–Crippen MR) is 114 cm³/mol. The summed E-state index contributed by atoms with van der Waals surface area (Å²) in [6.07, 6.45) is 0. The number of carbonyl (C=O) groups excluding carboxylic acids is 2. The molecule has 2 rings (SSSR count). The summed E-state index contributed by atoms with van der Waals surface area (Å²) >= 11 is 0. The normalized spacial score (nSPS) is 16.8. The van der Waals surface area contributed by atoms with E-state index in [0.29, 0.717) is 31.9 Å². The molecular weight excluding hydrogens is 408 g/mol. The third-order valence-corrected chi connectivity index (χ3v) is 6.19. The second kappa shape index (κ2) is 9.76. The van der Waals surface area contributed by atoms with Crippen LogP contribution in [0.1, 0.15) is 27.7 Å². The molecular formula is C20H32N4O5S. The Morgan fingerprint density at radius 3 is 2.17 bits per heavy atom. The van der Waals surface area contributed by atoms with Gasteiger partial charge in [-0.05, 0) is 52.0 Å². The van der Waals surface area contributed by atoms with Gasteiger partial charge in [0.15, 0.2) is 0 Å². The molecule has 2 N–H and O–H groups in total. The number of benzene rings is 1. The van der Waals surface area contributed by atoms with Crippen LogP contribution in [0, 0.1) is 0 Å². The Morgan fingerprint density at radius 1 is 1.10 bits per heavy atom. The van der Waals surface area contributed by atoms with Crippen molar-refractivity contribution in [3.8, 4) is 5.75 Å². The lowest BCUT2D eigenvalue weighted by Gasteiger charge is -2.36. The quantitative estimate of drug-likeness (QED) is 0.636. The Kier molecular flexibility index (Phi) is 7.84. The maximum absolute atomic E-state index is 12.7. The molecule has 9 nitrogen and oxygen atoms in total. The van der Waals surface area contributed by atoms with E-state index in [1.807, 2.05) is 25.7 Å². The lowest BCUT2D eigenvalue weighted by molar-refractivity contribution is -0.134. The molecule has 1 fully saturated rings. The average molecular weight is 441 g/mol. The van der Waals surface area contributed by atoms with E-state index in [4.69, 9.17) is 4.74 Å². The number of carbonyl (C=O) groups is 2. The monoisotopic (exact) mass is 440 g/mol. The molecule has 1 aromatic carbocycles. The zero-order valence-electron chi connectivity index (χ0n) is 18.3. The zero-order chi connectivity index (χ0) is 22.5. The Labute approximate surface area is 178 Å². The van der Waals surface area contributed by atoms with E-state index in [1.165, 1.54) is 26.2 Å². The lowest BCUT2D eigenvalue weighted by Crippen LogP contribution is -2.56. The Bertz CT molecular complexity index is 841. The molecule has 0 radical (unpaired) electrons. The van der Waals surface area contributed by atoms with Crippen molar-refractivity contribution in [2.24, 2.45) is 0 Å². The fourth-order valence-corrected chi connectivity index (χ4v) is 4.36. The predicted octanol–water partition coefficient (Wildman–Crippen LogP) is 0.421. The Hall–Kier alpha value is -2.17. The van der Waals surface area contributed by atoms with E-state index in [0.717, 1.165) is 0 Å². The van der Waals surface area contributed by atoms with Crippen LogP contribution >= 0.6 is 0 Å². The highest BCUT2D eigenvalue weighted by molar-refractivity contribution is 7.89. The van der Waals surface area contributed by atoms with Gasteiger partial charge in [0.1, 0.15) is 5.75 Å². The van der Waals surface area contributed by atoms with Crippen molar-refractivity contribution in [3.63, 3.8) is 0 Å². The molecule has 0 aromatic heterocycles. The molecule has 1 heterocycles. The SMILES string of the molecule is COc1ccc(S(=O)(=O)N[C@@H](C)C(=O)N2CCN(CC(=O)NC(C)(C)C)CC2)cc1. The number of amides is 2. The molecule has 0 bridgehead atoms. The van der Waals surface area contributed by atoms with Crippen LogP contribution in [0.15, 0.2) is 29.2 Å². The molecule has 1 atom stereocenters. The van der Waals surface area contributed by atoms with Crippen LogP contribution in [0.3, 0.4) is 0 Å². The van der Waals surface area contributed by atoms with E-state index < -0.39 is 16.1 Å². The third kappa shape index (κ3) is 6.96. The Morgan fingerprint density at radius 2 is 1.67 bits per heavy atom. The maximum Gasteiger partial charge on any atom is 0.241 e. The first-order valence-electron chi connectivity index (χ1n) is 9.90. The molecule has 0 unspecified atom stereocenters. The minimum absolute atomic E-state index is 0.0529. The summed E-state index contributed by atoms with van der Waals surface area (Å²) in [6, 6.07) is 5.07. The summed E-state index contributed by atoms with van der Waals surface area (Å²) in [6.45, 7) is 9.59. The van der Waals surface area contributed by atoms with Crippen LogP contribution in [0.4, 0.5) is 0 Å². The number of methoxy groups -OCH3 is 1. The fourth-order valence-electron chi connectivity index (χ4n) is 3.17. The Balaban J connectivity index is 1.87. The lowest BCUT2D eigenvalue weighted by atomic mass is 10.1. The standard InChI is InChI=1S/C20H32N4O5S/c1-15(22-30(27,28)17-8-6-16(29-5)7-9-17)19(26)24-12-10-23(11-13-24)14-18(25)21-20(2,3)4/h6-9,15,22H,10-14H2,1-5H3,(H,21,25)/t15-/m0/s1. The average Bonchev–Trinajstić information content (AvgIpc) is 2.66. The molecule has 2 amide bonds. The highest BCUT2D eigenvalue weighted by Gasteiger charge is 2.29. The van der Waals surface area contributed by atoms with Gasteiger partial charge in [0.05, 0.1) is 24.6 Å². The van der Waals surface area contributed by atoms with Crippen molar-refractivity contribution >= 4 is 21.8 Å². The van der Waals surface area contributed by atoms with E-state index in [-0.39, 0.29) is 28.8 Å². The largest absolute Gasteiger partial charge is 0.497 e. The van der Waals surface area contributed by atoms with Gasteiger partial charge in [0, 0.05) is 31.7 Å². The van der Waals surface area contributed by atoms with Gasteiger partial charge in [-0.3, -0.25) is 14.5 Å². The molecule has 1 aliphatic heterocycles. The summed E-state index contributed by atoms with van der Waals surface area (Å²) in [4.78, 5) is 28.4. The van der Waals surface area contributed by atoms with Crippen molar-refractivity contribution in [1.29, 1.82) is 0 Å². The topological polar surface area (TPSA) is 108 Å². The molecule has 0 spiro atoms. The van der Waals surface area contributed by atoms with Crippen LogP contribution in [0.5, 0.6) is 5.75 Å². The van der Waals surface area contributed by atoms with Crippen LogP contribution in [-0.4, -0.2) is 81.4 Å². The minimum atomic E-state index is -3.83. The second-order valence-electron chi connectivity index (χ2n) is 8.42. The van der Waals surface area contributed by atoms with Crippen molar-refractivity contribution in [3.05, 3.63) is 24.3 Å². The highest BCUT2D eigenvalue weighted by Crippen LogP contribution is 2.16. The van der Waals surface area contributed by atoms with Gasteiger partial charge in [0.25, 0.3) is 0 Å². The van der Waals surface area contributed by atoms with E-state index in [9.17, 15) is 18.0 Å². The van der Waals surface area contributed by atoms with E-state index in [1.54, 1.807) is 17.0 Å². The number of piperazine rings is 1. The molecule has 168 valence electrons. The molecule has 1 aliphatic rings. The summed E-state index contributed by atoms with van der Waals surface area (Å²) in [7, 11) is -2.33. The first-order valence-corrected chi connectivity index (χ1v) is 11.4. The first-order chi connectivity index (χ1) is 13.9. The molecule has 1 aromatic rings. The van der Waals surface area contributed by atoms with Crippen LogP contribution in [0.25, 0.3) is 0 Å². The van der Waals surface area contributed by atoms with Crippen LogP contribution in [0.2, 0.25) is 0 Å². The second-order valence-corrected chi connectivity index (χ2v) is 10.1. The first kappa shape index (κ1) is 24.1. The van der Waals surface area contributed by atoms with Gasteiger partial charge in [0.2, 0.25) is 21.8 Å². The molecule has 0 saturated carbocycles.